The Morgan fingerprint density at radius 2 is 2.24 bits per heavy atom. The van der Waals surface area contributed by atoms with Crippen molar-refractivity contribution in [3.8, 4) is 0 Å². The molecule has 1 aliphatic heterocycles. The van der Waals surface area contributed by atoms with Gasteiger partial charge in [-0.25, -0.2) is 9.37 Å². The topological polar surface area (TPSA) is 55.2 Å². The molecule has 2 aromatic heterocycles. The van der Waals surface area contributed by atoms with Gasteiger partial charge in [0, 0.05) is 17.5 Å². The number of thiophene rings is 1. The molecule has 1 atom stereocenters. The fourth-order valence-corrected chi connectivity index (χ4v) is 4.20. The van der Waals surface area contributed by atoms with Gasteiger partial charge in [-0.2, -0.15) is 0 Å². The number of amides is 1. The van der Waals surface area contributed by atoms with Gasteiger partial charge in [0.1, 0.15) is 12.4 Å². The van der Waals surface area contributed by atoms with Crippen LogP contribution in [0.5, 0.6) is 0 Å². The van der Waals surface area contributed by atoms with E-state index in [1.54, 1.807) is 11.3 Å². The average Bonchev–Trinajstić information content (AvgIpc) is 3.27. The molecule has 1 fully saturated rings. The Balaban J connectivity index is 1.60. The molecule has 0 saturated carbocycles. The molecule has 1 aliphatic rings. The molecule has 3 heterocycles. The largest absolute Gasteiger partial charge is 0.333 e. The highest BCUT2D eigenvalue weighted by atomic mass is 32.1. The van der Waals surface area contributed by atoms with Gasteiger partial charge in [0.2, 0.25) is 5.91 Å². The third-order valence-electron chi connectivity index (χ3n) is 4.54. The third-order valence-corrected chi connectivity index (χ3v) is 5.51. The highest BCUT2D eigenvalue weighted by Crippen LogP contribution is 2.34. The maximum atomic E-state index is 13.3. The molecule has 0 radical (unpaired) electrons. The first-order valence-electron chi connectivity index (χ1n) is 8.11. The Morgan fingerprint density at radius 3 is 3.04 bits per heavy atom. The Morgan fingerprint density at radius 1 is 1.36 bits per heavy atom. The SMILES string of the molecule is O=C(Cn1cnc2cc(F)ccc2c1=O)N1CCCC1c1cccs1. The van der Waals surface area contributed by atoms with Crippen molar-refractivity contribution < 1.29 is 9.18 Å². The van der Waals surface area contributed by atoms with Crippen molar-refractivity contribution in [2.75, 3.05) is 6.54 Å². The number of aromatic nitrogens is 2. The number of likely N-dealkylation sites (tertiary alicyclic amines) is 1. The molecule has 1 saturated heterocycles. The van der Waals surface area contributed by atoms with Crippen LogP contribution in [0.15, 0.2) is 46.8 Å². The predicted molar refractivity (Wildman–Crippen MR) is 94.0 cm³/mol. The summed E-state index contributed by atoms with van der Waals surface area (Å²) in [6.07, 6.45) is 3.22. The molecule has 0 bridgehead atoms. The zero-order valence-corrected chi connectivity index (χ0v) is 14.2. The number of hydrogen-bond donors (Lipinski definition) is 0. The van der Waals surface area contributed by atoms with Crippen molar-refractivity contribution in [2.24, 2.45) is 0 Å². The zero-order chi connectivity index (χ0) is 17.4. The van der Waals surface area contributed by atoms with E-state index >= 15 is 0 Å². The monoisotopic (exact) mass is 357 g/mol. The van der Waals surface area contributed by atoms with Crippen LogP contribution in [-0.4, -0.2) is 26.9 Å². The molecule has 5 nitrogen and oxygen atoms in total. The highest BCUT2D eigenvalue weighted by Gasteiger charge is 2.30. The number of hydrogen-bond acceptors (Lipinski definition) is 4. The summed E-state index contributed by atoms with van der Waals surface area (Å²) >= 11 is 1.64. The quantitative estimate of drug-likeness (QED) is 0.724. The molecule has 7 heteroatoms. The molecule has 3 aromatic rings. The van der Waals surface area contributed by atoms with Crippen LogP contribution >= 0.6 is 11.3 Å². The van der Waals surface area contributed by atoms with Gasteiger partial charge in [-0.1, -0.05) is 6.07 Å². The fourth-order valence-electron chi connectivity index (χ4n) is 3.32. The van der Waals surface area contributed by atoms with Crippen LogP contribution in [0.1, 0.15) is 23.8 Å². The van der Waals surface area contributed by atoms with Crippen LogP contribution < -0.4 is 5.56 Å². The summed E-state index contributed by atoms with van der Waals surface area (Å²) < 4.78 is 14.6. The molecule has 1 amide bonds. The van der Waals surface area contributed by atoms with E-state index < -0.39 is 5.82 Å². The standard InChI is InChI=1S/C18H16FN3O2S/c19-12-5-6-13-14(9-12)20-11-21(18(13)24)10-17(23)22-7-1-3-15(22)16-4-2-8-25-16/h2,4-6,8-9,11,15H,1,3,7,10H2. The van der Waals surface area contributed by atoms with Crippen molar-refractivity contribution in [1.82, 2.24) is 14.5 Å². The lowest BCUT2D eigenvalue weighted by Crippen LogP contribution is -2.36. The predicted octanol–water partition coefficient (Wildman–Crippen LogP) is 2.96. The second-order valence-corrected chi connectivity index (χ2v) is 7.08. The molecule has 0 spiro atoms. The fraction of sp³-hybridized carbons (Fsp3) is 0.278. The number of carbonyl (C=O) groups is 1. The molecule has 1 unspecified atom stereocenters. The van der Waals surface area contributed by atoms with Crippen molar-refractivity contribution in [2.45, 2.75) is 25.4 Å². The van der Waals surface area contributed by atoms with Gasteiger partial charge in [-0.3, -0.25) is 14.2 Å². The molecule has 4 rings (SSSR count). The Bertz CT molecular complexity index is 984. The second-order valence-electron chi connectivity index (χ2n) is 6.10. The van der Waals surface area contributed by atoms with Gasteiger partial charge in [0.15, 0.2) is 0 Å². The van der Waals surface area contributed by atoms with Gasteiger partial charge >= 0.3 is 0 Å². The van der Waals surface area contributed by atoms with E-state index in [1.807, 2.05) is 22.4 Å². The van der Waals surface area contributed by atoms with Gasteiger partial charge < -0.3 is 4.90 Å². The van der Waals surface area contributed by atoms with Crippen molar-refractivity contribution in [3.05, 3.63) is 63.1 Å². The second kappa shape index (κ2) is 6.40. The minimum absolute atomic E-state index is 0.0545. The summed E-state index contributed by atoms with van der Waals surface area (Å²) in [6.45, 7) is 0.642. The Kier molecular flexibility index (Phi) is 4.09. The first-order valence-corrected chi connectivity index (χ1v) is 8.99. The van der Waals surface area contributed by atoms with Crippen LogP contribution in [0.4, 0.5) is 4.39 Å². The number of halogens is 1. The lowest BCUT2D eigenvalue weighted by molar-refractivity contribution is -0.132. The first-order chi connectivity index (χ1) is 12.1. The average molecular weight is 357 g/mol. The van der Waals surface area contributed by atoms with Crippen molar-refractivity contribution in [1.29, 1.82) is 0 Å². The Hall–Kier alpha value is -2.54. The number of benzene rings is 1. The summed E-state index contributed by atoms with van der Waals surface area (Å²) in [5.41, 5.74) is -0.0310. The van der Waals surface area contributed by atoms with Gasteiger partial charge in [0.05, 0.1) is 23.3 Å². The van der Waals surface area contributed by atoms with E-state index in [0.717, 1.165) is 12.8 Å². The molecule has 1 aromatic carbocycles. The first kappa shape index (κ1) is 16.0. The lowest BCUT2D eigenvalue weighted by atomic mass is 10.2. The van der Waals surface area contributed by atoms with E-state index in [-0.39, 0.29) is 24.1 Å². The summed E-state index contributed by atoms with van der Waals surface area (Å²) in [5, 5.41) is 2.32. The summed E-state index contributed by atoms with van der Waals surface area (Å²) in [6, 6.07) is 7.97. The van der Waals surface area contributed by atoms with Gasteiger partial charge in [-0.15, -0.1) is 11.3 Å². The minimum Gasteiger partial charge on any atom is -0.333 e. The van der Waals surface area contributed by atoms with E-state index in [1.165, 1.54) is 34.0 Å². The van der Waals surface area contributed by atoms with E-state index in [2.05, 4.69) is 4.98 Å². The van der Waals surface area contributed by atoms with E-state index in [9.17, 15) is 14.0 Å². The molecule has 0 aliphatic carbocycles. The van der Waals surface area contributed by atoms with E-state index in [4.69, 9.17) is 0 Å². The molecule has 25 heavy (non-hydrogen) atoms. The van der Waals surface area contributed by atoms with Crippen LogP contribution in [0.3, 0.4) is 0 Å². The van der Waals surface area contributed by atoms with Crippen LogP contribution in [-0.2, 0) is 11.3 Å². The molecule has 0 N–H and O–H groups in total. The molecular formula is C18H16FN3O2S. The number of rotatable bonds is 3. The van der Waals surface area contributed by atoms with Crippen LogP contribution in [0, 0.1) is 5.82 Å². The zero-order valence-electron chi connectivity index (χ0n) is 13.4. The van der Waals surface area contributed by atoms with Crippen LogP contribution in [0.25, 0.3) is 10.9 Å². The minimum atomic E-state index is -0.441. The maximum absolute atomic E-state index is 13.3. The summed E-state index contributed by atoms with van der Waals surface area (Å²) in [7, 11) is 0. The maximum Gasteiger partial charge on any atom is 0.261 e. The normalized spacial score (nSPS) is 17.3. The number of fused-ring (bicyclic) bond motifs is 1. The third kappa shape index (κ3) is 2.95. The highest BCUT2D eigenvalue weighted by molar-refractivity contribution is 7.10. The Labute approximate surface area is 147 Å². The van der Waals surface area contributed by atoms with Gasteiger partial charge in [0.25, 0.3) is 5.56 Å². The van der Waals surface area contributed by atoms with Gasteiger partial charge in [-0.05, 0) is 36.4 Å². The number of nitrogens with zero attached hydrogens (tertiary/aromatic N) is 3. The smallest absolute Gasteiger partial charge is 0.261 e. The summed E-state index contributed by atoms with van der Waals surface area (Å²) in [5.74, 6) is -0.537. The number of carbonyl (C=O) groups excluding carboxylic acids is 1. The molecular weight excluding hydrogens is 341 g/mol. The lowest BCUT2D eigenvalue weighted by Gasteiger charge is -2.24. The molecule has 128 valence electrons. The van der Waals surface area contributed by atoms with Crippen molar-refractivity contribution >= 4 is 28.1 Å². The van der Waals surface area contributed by atoms with Crippen molar-refractivity contribution in [3.63, 3.8) is 0 Å². The van der Waals surface area contributed by atoms with E-state index in [0.29, 0.717) is 17.4 Å². The summed E-state index contributed by atoms with van der Waals surface area (Å²) in [4.78, 5) is 32.4. The van der Waals surface area contributed by atoms with Crippen LogP contribution in [0.2, 0.25) is 0 Å².